The predicted molar refractivity (Wildman–Crippen MR) is 148 cm³/mol. The quantitative estimate of drug-likeness (QED) is 0.404. The van der Waals surface area contributed by atoms with E-state index in [-0.39, 0.29) is 23.2 Å². The van der Waals surface area contributed by atoms with E-state index < -0.39 is 35.2 Å². The van der Waals surface area contributed by atoms with E-state index in [9.17, 15) is 9.59 Å². The molecule has 3 aliphatic rings. The maximum absolute atomic E-state index is 15.4. The molecule has 3 heterocycles. The predicted octanol–water partition coefficient (Wildman–Crippen LogP) is 6.50. The van der Waals surface area contributed by atoms with Gasteiger partial charge in [-0.3, -0.25) is 4.90 Å². The molecule has 2 aliphatic heterocycles. The van der Waals surface area contributed by atoms with Gasteiger partial charge in [0.05, 0.1) is 27.9 Å². The number of hydrogen-bond acceptors (Lipinski definition) is 7. The van der Waals surface area contributed by atoms with Crippen LogP contribution < -0.4 is 10.6 Å². The summed E-state index contributed by atoms with van der Waals surface area (Å²) in [6.45, 7) is 13.0. The van der Waals surface area contributed by atoms with Gasteiger partial charge in [0.1, 0.15) is 21.7 Å². The summed E-state index contributed by atoms with van der Waals surface area (Å²) in [5, 5.41) is 0.816. The van der Waals surface area contributed by atoms with Gasteiger partial charge >= 0.3 is 12.2 Å². The fourth-order valence-corrected chi connectivity index (χ4v) is 5.83. The maximum Gasteiger partial charge on any atom is 0.415 e. The van der Waals surface area contributed by atoms with Gasteiger partial charge in [-0.15, -0.1) is 11.8 Å². The molecule has 0 spiro atoms. The van der Waals surface area contributed by atoms with Crippen molar-refractivity contribution in [2.75, 3.05) is 23.4 Å². The van der Waals surface area contributed by atoms with Crippen molar-refractivity contribution in [2.45, 2.75) is 83.2 Å². The van der Waals surface area contributed by atoms with Crippen molar-refractivity contribution in [3.8, 4) is 0 Å². The van der Waals surface area contributed by atoms with Gasteiger partial charge in [-0.25, -0.2) is 19.0 Å². The highest BCUT2D eigenvalue weighted by Crippen LogP contribution is 2.50. The zero-order chi connectivity index (χ0) is 27.6. The summed E-state index contributed by atoms with van der Waals surface area (Å²) in [6.07, 6.45) is 1.49. The molecule has 1 saturated carbocycles. The Morgan fingerprint density at radius 1 is 1.22 bits per heavy atom. The minimum Gasteiger partial charge on any atom is -0.444 e. The molecule has 1 aliphatic carbocycles. The molecule has 202 valence electrons. The van der Waals surface area contributed by atoms with Gasteiger partial charge in [0.25, 0.3) is 0 Å². The molecule has 2 bridgehead atoms. The van der Waals surface area contributed by atoms with Gasteiger partial charge < -0.3 is 20.1 Å². The SMILES string of the molecule is CSc1nc2c(F)c(Br)c(C)cc2c(N(C(=O)OC(C)(C)C)[C@H]2[C@H]3C[C@H]2N(C(=O)OC(C)(C)C)C3)c1N. The second kappa shape index (κ2) is 9.48. The number of fused-ring (bicyclic) bond motifs is 2. The van der Waals surface area contributed by atoms with E-state index in [0.717, 1.165) is 6.42 Å². The number of hydrogen-bond donors (Lipinski definition) is 1. The Labute approximate surface area is 229 Å². The van der Waals surface area contributed by atoms with Crippen molar-refractivity contribution in [2.24, 2.45) is 5.92 Å². The van der Waals surface area contributed by atoms with Crippen molar-refractivity contribution < 1.29 is 23.5 Å². The fourth-order valence-electron chi connectivity index (χ4n) is 5.03. The molecule has 8 nitrogen and oxygen atoms in total. The molecule has 37 heavy (non-hydrogen) atoms. The first-order chi connectivity index (χ1) is 17.0. The Bertz CT molecular complexity index is 1280. The zero-order valence-electron chi connectivity index (χ0n) is 22.4. The maximum atomic E-state index is 15.4. The van der Waals surface area contributed by atoms with Crippen molar-refractivity contribution in [1.82, 2.24) is 9.88 Å². The summed E-state index contributed by atoms with van der Waals surface area (Å²) in [5.74, 6) is -0.533. The Balaban J connectivity index is 1.89. The van der Waals surface area contributed by atoms with E-state index in [1.165, 1.54) is 16.7 Å². The fraction of sp³-hybridized carbons (Fsp3) is 0.577. The molecule has 1 aromatic carbocycles. The van der Waals surface area contributed by atoms with Crippen LogP contribution in [0.2, 0.25) is 0 Å². The van der Waals surface area contributed by atoms with Crippen molar-refractivity contribution in [1.29, 1.82) is 0 Å². The van der Waals surface area contributed by atoms with E-state index in [4.69, 9.17) is 15.2 Å². The number of rotatable bonds is 3. The molecule has 3 fully saturated rings. The molecule has 5 rings (SSSR count). The lowest BCUT2D eigenvalue weighted by molar-refractivity contribution is 0.0217. The number of nitrogens with two attached hydrogens (primary N) is 1. The number of thioether (sulfide) groups is 1. The third-order valence-electron chi connectivity index (χ3n) is 6.52. The Morgan fingerprint density at radius 3 is 2.41 bits per heavy atom. The highest BCUT2D eigenvalue weighted by molar-refractivity contribution is 9.10. The number of carbonyl (C=O) groups excluding carboxylic acids is 2. The molecule has 2 aromatic rings. The molecular weight excluding hydrogens is 563 g/mol. The summed E-state index contributed by atoms with van der Waals surface area (Å²) in [6, 6.07) is 1.08. The third kappa shape index (κ3) is 5.08. The van der Waals surface area contributed by atoms with Crippen LogP contribution >= 0.6 is 27.7 Å². The summed E-state index contributed by atoms with van der Waals surface area (Å²) in [7, 11) is 0. The van der Waals surface area contributed by atoms with Crippen LogP contribution in [0.1, 0.15) is 53.5 Å². The van der Waals surface area contributed by atoms with E-state index in [2.05, 4.69) is 20.9 Å². The van der Waals surface area contributed by atoms with Gasteiger partial charge in [-0.05, 0) is 88.7 Å². The van der Waals surface area contributed by atoms with Crippen molar-refractivity contribution in [3.05, 3.63) is 21.9 Å². The van der Waals surface area contributed by atoms with E-state index in [1.54, 1.807) is 44.9 Å². The number of carbonyl (C=O) groups is 2. The normalized spacial score (nSPS) is 21.1. The monoisotopic (exact) mass is 596 g/mol. The number of ether oxygens (including phenoxy) is 2. The second-order valence-corrected chi connectivity index (χ2v) is 13.2. The van der Waals surface area contributed by atoms with Gasteiger partial charge in [0, 0.05) is 17.8 Å². The van der Waals surface area contributed by atoms with Gasteiger partial charge in [0.15, 0.2) is 5.82 Å². The van der Waals surface area contributed by atoms with Crippen LogP contribution in [0, 0.1) is 18.7 Å². The number of aryl methyl sites for hydroxylation is 1. The van der Waals surface area contributed by atoms with Crippen molar-refractivity contribution >= 4 is 62.2 Å². The summed E-state index contributed by atoms with van der Waals surface area (Å²) in [5.41, 5.74) is 6.57. The number of nitrogens with zero attached hydrogens (tertiary/aromatic N) is 3. The lowest BCUT2D eigenvalue weighted by Gasteiger charge is -2.44. The minimum absolute atomic E-state index is 0.00762. The molecule has 0 unspecified atom stereocenters. The zero-order valence-corrected chi connectivity index (χ0v) is 24.8. The first-order valence-electron chi connectivity index (χ1n) is 12.2. The molecular formula is C26H34BrFN4O4S. The van der Waals surface area contributed by atoms with Gasteiger partial charge in [-0.2, -0.15) is 0 Å². The third-order valence-corrected chi connectivity index (χ3v) is 8.19. The smallest absolute Gasteiger partial charge is 0.415 e. The molecule has 2 amide bonds. The average Bonchev–Trinajstić information content (AvgIpc) is 3.34. The summed E-state index contributed by atoms with van der Waals surface area (Å²) in [4.78, 5) is 34.5. The van der Waals surface area contributed by atoms with E-state index in [1.807, 2.05) is 20.8 Å². The van der Waals surface area contributed by atoms with Crippen LogP contribution in [0.15, 0.2) is 15.6 Å². The summed E-state index contributed by atoms with van der Waals surface area (Å²) >= 11 is 4.58. The molecule has 11 heteroatoms. The van der Waals surface area contributed by atoms with Crippen LogP contribution in [-0.2, 0) is 9.47 Å². The largest absolute Gasteiger partial charge is 0.444 e. The number of benzene rings is 1. The Morgan fingerprint density at radius 2 is 1.84 bits per heavy atom. The highest BCUT2D eigenvalue weighted by atomic mass is 79.9. The summed E-state index contributed by atoms with van der Waals surface area (Å²) < 4.78 is 27.2. The first kappa shape index (κ1) is 27.8. The Kier molecular flexibility index (Phi) is 7.11. The number of nitrogen functional groups attached to an aromatic ring is 1. The number of anilines is 2. The lowest BCUT2D eigenvalue weighted by Crippen LogP contribution is -2.59. The molecule has 1 aromatic heterocycles. The number of amides is 2. The number of halogens is 2. The number of pyridine rings is 1. The van der Waals surface area contributed by atoms with Crippen LogP contribution in [0.4, 0.5) is 25.4 Å². The number of aromatic nitrogens is 1. The van der Waals surface area contributed by atoms with Crippen LogP contribution in [0.5, 0.6) is 0 Å². The van der Waals surface area contributed by atoms with Gasteiger partial charge in [0.2, 0.25) is 0 Å². The average molecular weight is 598 g/mol. The van der Waals surface area contributed by atoms with E-state index >= 15 is 4.39 Å². The molecule has 2 N–H and O–H groups in total. The Hall–Kier alpha value is -2.27. The second-order valence-electron chi connectivity index (χ2n) is 11.6. The van der Waals surface area contributed by atoms with Crippen LogP contribution in [0.3, 0.4) is 0 Å². The minimum atomic E-state index is -0.785. The molecule has 3 atom stereocenters. The molecule has 2 saturated heterocycles. The lowest BCUT2D eigenvalue weighted by atomic mass is 9.78. The van der Waals surface area contributed by atoms with Crippen molar-refractivity contribution in [3.63, 3.8) is 0 Å². The first-order valence-corrected chi connectivity index (χ1v) is 14.2. The van der Waals surface area contributed by atoms with Gasteiger partial charge in [-0.1, -0.05) is 0 Å². The van der Waals surface area contributed by atoms with E-state index in [0.29, 0.717) is 32.7 Å². The highest BCUT2D eigenvalue weighted by Gasteiger charge is 2.59. The van der Waals surface area contributed by atoms with Crippen LogP contribution in [0.25, 0.3) is 10.9 Å². The standard InChI is InChI=1S/C26H34BrFN4O4S/c1-12-9-14-19(17(28)16(12)27)30-22(37-8)18(29)21(14)32(24(34)36-26(5,6)7)20-13-10-15(20)31(11-13)23(33)35-25(2,3)4/h9,13,15,20H,10-11,29H2,1-8H3/t13-,15+,20-/m0/s1. The van der Waals surface area contributed by atoms with Crippen LogP contribution in [-0.4, -0.2) is 58.2 Å². The topological polar surface area (TPSA) is 98.0 Å². The molecule has 0 radical (unpaired) electrons.